The van der Waals surface area contributed by atoms with Crippen LogP contribution in [0.15, 0.2) is 90.8 Å². The third-order valence-corrected chi connectivity index (χ3v) is 5.74. The molecule has 3 heterocycles. The fraction of sp³-hybridized carbons (Fsp3) is 0.0417. The number of nitrogens with zero attached hydrogens (tertiary/aromatic N) is 3. The summed E-state index contributed by atoms with van der Waals surface area (Å²) in [5.41, 5.74) is 5.86. The molecule has 5 heteroatoms. The van der Waals surface area contributed by atoms with Crippen LogP contribution in [0, 0.1) is 0 Å². The maximum absolute atomic E-state index is 4.51. The predicted octanol–water partition coefficient (Wildman–Crippen LogP) is 6.03. The van der Waals surface area contributed by atoms with Gasteiger partial charge in [-0.3, -0.25) is 4.98 Å². The number of benzene rings is 2. The van der Waals surface area contributed by atoms with Gasteiger partial charge < -0.3 is 5.32 Å². The average Bonchev–Trinajstić information content (AvgIpc) is 3.24. The second kappa shape index (κ2) is 7.81. The topological polar surface area (TPSA) is 50.7 Å². The molecule has 0 fully saturated rings. The summed E-state index contributed by atoms with van der Waals surface area (Å²) in [7, 11) is 0. The number of anilines is 1. The van der Waals surface area contributed by atoms with Crippen molar-refractivity contribution < 1.29 is 0 Å². The molecule has 0 amide bonds. The third kappa shape index (κ3) is 3.60. The molecular weight excluding hydrogens is 376 g/mol. The van der Waals surface area contributed by atoms with Crippen LogP contribution in [0.1, 0.15) is 5.56 Å². The number of fused-ring (bicyclic) bond motifs is 1. The second-order valence-corrected chi connectivity index (χ2v) is 7.57. The summed E-state index contributed by atoms with van der Waals surface area (Å²) in [4.78, 5) is 14.1. The maximum Gasteiger partial charge on any atom is 0.139 e. The quantitative estimate of drug-likeness (QED) is 0.395. The number of rotatable bonds is 5. The van der Waals surface area contributed by atoms with Crippen molar-refractivity contribution in [3.8, 4) is 22.3 Å². The van der Waals surface area contributed by atoms with Gasteiger partial charge in [-0.25, -0.2) is 9.97 Å². The zero-order chi connectivity index (χ0) is 19.5. The third-order valence-electron chi connectivity index (χ3n) is 4.86. The highest BCUT2D eigenvalue weighted by molar-refractivity contribution is 7.17. The molecular formula is C24H18N4S. The molecule has 0 bridgehead atoms. The molecule has 3 aromatic heterocycles. The standard InChI is InChI=1S/C24H18N4S/c1-2-6-18(7-3-1)19-8-10-20(11-9-19)21-15-29-24-22(21)23(27-16-28-24)26-14-17-5-4-12-25-13-17/h1-13,15-16H,14H2,(H,26,27,28). The number of hydrogen-bond acceptors (Lipinski definition) is 5. The molecule has 1 N–H and O–H groups in total. The van der Waals surface area contributed by atoms with Gasteiger partial charge in [0, 0.05) is 29.9 Å². The predicted molar refractivity (Wildman–Crippen MR) is 120 cm³/mol. The van der Waals surface area contributed by atoms with E-state index in [1.54, 1.807) is 23.9 Å². The maximum atomic E-state index is 4.51. The van der Waals surface area contributed by atoms with Gasteiger partial charge in [-0.05, 0) is 28.3 Å². The van der Waals surface area contributed by atoms with Crippen molar-refractivity contribution >= 4 is 27.4 Å². The molecule has 0 saturated heterocycles. The Hall–Kier alpha value is -3.57. The number of nitrogens with one attached hydrogen (secondary N) is 1. The number of thiophene rings is 1. The minimum Gasteiger partial charge on any atom is -0.365 e. The first-order valence-electron chi connectivity index (χ1n) is 9.39. The van der Waals surface area contributed by atoms with E-state index in [-0.39, 0.29) is 0 Å². The molecule has 0 radical (unpaired) electrons. The van der Waals surface area contributed by atoms with Crippen LogP contribution in [-0.2, 0) is 6.54 Å². The van der Waals surface area contributed by atoms with Crippen LogP contribution in [0.3, 0.4) is 0 Å². The molecule has 0 atom stereocenters. The van der Waals surface area contributed by atoms with Crippen LogP contribution >= 0.6 is 11.3 Å². The zero-order valence-electron chi connectivity index (χ0n) is 15.6. The van der Waals surface area contributed by atoms with Gasteiger partial charge in [-0.2, -0.15) is 0 Å². The molecule has 0 unspecified atom stereocenters. The highest BCUT2D eigenvalue weighted by atomic mass is 32.1. The highest BCUT2D eigenvalue weighted by Gasteiger charge is 2.13. The summed E-state index contributed by atoms with van der Waals surface area (Å²) in [6, 6.07) is 23.1. The van der Waals surface area contributed by atoms with Crippen molar-refractivity contribution in [2.75, 3.05) is 5.32 Å². The van der Waals surface area contributed by atoms with E-state index in [2.05, 4.69) is 80.2 Å². The molecule has 4 nitrogen and oxygen atoms in total. The van der Waals surface area contributed by atoms with E-state index >= 15 is 0 Å². The molecule has 5 rings (SSSR count). The van der Waals surface area contributed by atoms with Gasteiger partial charge in [0.1, 0.15) is 17.0 Å². The van der Waals surface area contributed by atoms with Gasteiger partial charge in [-0.15, -0.1) is 11.3 Å². The van der Waals surface area contributed by atoms with Crippen LogP contribution in [0.2, 0.25) is 0 Å². The molecule has 0 aliphatic heterocycles. The first-order chi connectivity index (χ1) is 14.4. The Bertz CT molecular complexity index is 1230. The lowest BCUT2D eigenvalue weighted by molar-refractivity contribution is 1.08. The lowest BCUT2D eigenvalue weighted by atomic mass is 10.0. The van der Waals surface area contributed by atoms with Crippen LogP contribution < -0.4 is 5.32 Å². The van der Waals surface area contributed by atoms with Crippen molar-refractivity contribution in [2.24, 2.45) is 0 Å². The molecule has 0 spiro atoms. The molecule has 0 aliphatic rings. The second-order valence-electron chi connectivity index (χ2n) is 6.71. The van der Waals surface area contributed by atoms with E-state index in [0.29, 0.717) is 6.54 Å². The first-order valence-corrected chi connectivity index (χ1v) is 10.3. The summed E-state index contributed by atoms with van der Waals surface area (Å²) < 4.78 is 0. The van der Waals surface area contributed by atoms with E-state index in [1.807, 2.05) is 18.3 Å². The zero-order valence-corrected chi connectivity index (χ0v) is 16.4. The van der Waals surface area contributed by atoms with E-state index < -0.39 is 0 Å². The Morgan fingerprint density at radius 3 is 2.38 bits per heavy atom. The Labute approximate surface area is 172 Å². The van der Waals surface area contributed by atoms with Crippen LogP contribution in [0.4, 0.5) is 5.82 Å². The Morgan fingerprint density at radius 1 is 0.793 bits per heavy atom. The largest absolute Gasteiger partial charge is 0.365 e. The summed E-state index contributed by atoms with van der Waals surface area (Å²) in [6.07, 6.45) is 5.26. The SMILES string of the molecule is c1ccc(-c2ccc(-c3csc4ncnc(NCc5cccnc5)c34)cc2)cc1. The van der Waals surface area contributed by atoms with Crippen molar-refractivity contribution in [3.63, 3.8) is 0 Å². The van der Waals surface area contributed by atoms with E-state index in [9.17, 15) is 0 Å². The minimum atomic E-state index is 0.669. The summed E-state index contributed by atoms with van der Waals surface area (Å²) in [6.45, 7) is 0.669. The van der Waals surface area contributed by atoms with Crippen LogP contribution in [-0.4, -0.2) is 15.0 Å². The fourth-order valence-corrected chi connectivity index (χ4v) is 4.30. The van der Waals surface area contributed by atoms with Gasteiger partial charge in [0.25, 0.3) is 0 Å². The van der Waals surface area contributed by atoms with Gasteiger partial charge in [-0.1, -0.05) is 60.7 Å². The van der Waals surface area contributed by atoms with Crippen LogP contribution in [0.25, 0.3) is 32.5 Å². The first kappa shape index (κ1) is 17.5. The minimum absolute atomic E-state index is 0.669. The monoisotopic (exact) mass is 394 g/mol. The van der Waals surface area contributed by atoms with Crippen molar-refractivity contribution in [1.82, 2.24) is 15.0 Å². The normalized spacial score (nSPS) is 10.9. The lowest BCUT2D eigenvalue weighted by Gasteiger charge is -2.09. The lowest BCUT2D eigenvalue weighted by Crippen LogP contribution is -2.02. The van der Waals surface area contributed by atoms with Gasteiger partial charge >= 0.3 is 0 Å². The highest BCUT2D eigenvalue weighted by Crippen LogP contribution is 2.37. The van der Waals surface area contributed by atoms with Gasteiger partial charge in [0.05, 0.1) is 5.39 Å². The molecule has 29 heavy (non-hydrogen) atoms. The Kier molecular flexibility index (Phi) is 4.72. The smallest absolute Gasteiger partial charge is 0.139 e. The van der Waals surface area contributed by atoms with Crippen molar-refractivity contribution in [2.45, 2.75) is 6.54 Å². The summed E-state index contributed by atoms with van der Waals surface area (Å²) >= 11 is 1.64. The molecule has 0 aliphatic carbocycles. The Balaban J connectivity index is 1.49. The van der Waals surface area contributed by atoms with Crippen molar-refractivity contribution in [1.29, 1.82) is 0 Å². The Morgan fingerprint density at radius 2 is 1.59 bits per heavy atom. The van der Waals surface area contributed by atoms with E-state index in [1.165, 1.54) is 11.1 Å². The molecule has 2 aromatic carbocycles. The molecule has 0 saturated carbocycles. The summed E-state index contributed by atoms with van der Waals surface area (Å²) in [5.74, 6) is 0.849. The molecule has 5 aromatic rings. The van der Waals surface area contributed by atoms with E-state index in [0.717, 1.165) is 32.7 Å². The van der Waals surface area contributed by atoms with Crippen LogP contribution in [0.5, 0.6) is 0 Å². The summed E-state index contributed by atoms with van der Waals surface area (Å²) in [5, 5.41) is 6.68. The average molecular weight is 395 g/mol. The number of hydrogen-bond donors (Lipinski definition) is 1. The fourth-order valence-electron chi connectivity index (χ4n) is 3.38. The van der Waals surface area contributed by atoms with Crippen molar-refractivity contribution in [3.05, 3.63) is 96.4 Å². The van der Waals surface area contributed by atoms with Gasteiger partial charge in [0.2, 0.25) is 0 Å². The number of aromatic nitrogens is 3. The number of pyridine rings is 1. The molecule has 140 valence electrons. The van der Waals surface area contributed by atoms with Gasteiger partial charge in [0.15, 0.2) is 0 Å². The van der Waals surface area contributed by atoms with E-state index in [4.69, 9.17) is 0 Å².